The van der Waals surface area contributed by atoms with Gasteiger partial charge in [-0.25, -0.2) is 9.11 Å². The fraction of sp³-hybridized carbons (Fsp3) is 0.182. The summed E-state index contributed by atoms with van der Waals surface area (Å²) in [5, 5.41) is 17.9. The summed E-state index contributed by atoms with van der Waals surface area (Å²) in [5.41, 5.74) is -1.03. The maximum atomic E-state index is 12.7. The number of carbonyl (C=O) groups excluding carboxylic acids is 1. The zero-order valence-corrected chi connectivity index (χ0v) is 12.1. The van der Waals surface area contributed by atoms with Gasteiger partial charge in [-0.05, 0) is 31.2 Å². The van der Waals surface area contributed by atoms with Crippen molar-refractivity contribution in [3.8, 4) is 0 Å². The number of diazo groups is 1. The number of nitrogens with one attached hydrogen (secondary N) is 2. The number of benzene rings is 1. The summed E-state index contributed by atoms with van der Waals surface area (Å²) in [4.78, 5) is 14.1. The van der Waals surface area contributed by atoms with Gasteiger partial charge in [0, 0.05) is 0 Å². The Morgan fingerprint density at radius 1 is 1.41 bits per heavy atom. The van der Waals surface area contributed by atoms with Crippen LogP contribution in [-0.4, -0.2) is 26.0 Å². The summed E-state index contributed by atoms with van der Waals surface area (Å²) >= 11 is 0. The van der Waals surface area contributed by atoms with E-state index in [9.17, 15) is 22.7 Å². The summed E-state index contributed by atoms with van der Waals surface area (Å²) in [6.07, 6.45) is 0. The number of hydrogen-bond donors (Lipinski definition) is 3. The smallest absolute Gasteiger partial charge is 0.475 e. The summed E-state index contributed by atoms with van der Waals surface area (Å²) < 4.78 is 44.0. The van der Waals surface area contributed by atoms with Gasteiger partial charge in [-0.1, -0.05) is 0 Å². The van der Waals surface area contributed by atoms with E-state index in [4.69, 9.17) is 5.39 Å². The molecular weight excluding hydrogens is 319 g/mol. The topological polar surface area (TPSA) is 133 Å². The molecule has 0 bridgehead atoms. The first-order valence-corrected chi connectivity index (χ1v) is 7.29. The van der Waals surface area contributed by atoms with E-state index in [-0.39, 0.29) is 12.3 Å². The first kappa shape index (κ1) is 17.2. The molecule has 0 aliphatic heterocycles. The Labute approximate surface area is 125 Å². The molecule has 11 heteroatoms. The standard InChI is InChI=1S/C11H11FN4O5S/c1-2-21-11(18)9(14-13)10(17)16-22(19,20)15-8-5-3-7(12)4-6-8/h3-6,15H,2H2,1H3,(H-,16,17,18)/p+1. The average Bonchev–Trinajstić information content (AvgIpc) is 2.41. The molecule has 0 aromatic heterocycles. The summed E-state index contributed by atoms with van der Waals surface area (Å²) in [5.74, 6) is -3.04. The van der Waals surface area contributed by atoms with Crippen molar-refractivity contribution < 1.29 is 27.4 Å². The van der Waals surface area contributed by atoms with Crippen LogP contribution >= 0.6 is 0 Å². The van der Waals surface area contributed by atoms with Crippen molar-refractivity contribution in [2.24, 2.45) is 0 Å². The Morgan fingerprint density at radius 2 is 2.00 bits per heavy atom. The Balaban J connectivity index is 2.88. The van der Waals surface area contributed by atoms with Crippen molar-refractivity contribution in [1.82, 2.24) is 4.72 Å². The molecule has 1 aromatic rings. The van der Waals surface area contributed by atoms with E-state index < -0.39 is 33.6 Å². The van der Waals surface area contributed by atoms with Gasteiger partial charge in [0.25, 0.3) is 0 Å². The van der Waals surface area contributed by atoms with Gasteiger partial charge < -0.3 is 9.84 Å². The molecule has 0 saturated carbocycles. The minimum atomic E-state index is -4.39. The maximum absolute atomic E-state index is 12.7. The normalized spacial score (nSPS) is 11.9. The first-order chi connectivity index (χ1) is 10.3. The molecule has 0 aliphatic carbocycles. The van der Waals surface area contributed by atoms with E-state index in [2.05, 4.69) is 9.71 Å². The molecule has 3 N–H and O–H groups in total. The van der Waals surface area contributed by atoms with Gasteiger partial charge in [-0.2, -0.15) is 8.42 Å². The number of carbonyl (C=O) groups is 1. The Kier molecular flexibility index (Phi) is 5.65. The molecule has 1 amide bonds. The lowest BCUT2D eigenvalue weighted by Gasteiger charge is -2.07. The number of amides is 1. The van der Waals surface area contributed by atoms with Gasteiger partial charge in [0.2, 0.25) is 5.39 Å². The second-order valence-corrected chi connectivity index (χ2v) is 5.15. The number of halogens is 1. The highest BCUT2D eigenvalue weighted by molar-refractivity contribution is 7.91. The van der Waals surface area contributed by atoms with Crippen LogP contribution in [0.3, 0.4) is 0 Å². The van der Waals surface area contributed by atoms with E-state index in [1.54, 1.807) is 0 Å². The largest absolute Gasteiger partial charge is 0.528 e. The third-order valence-corrected chi connectivity index (χ3v) is 3.08. The number of aliphatic hydroxyl groups excluding tert-OH is 1. The molecular formula is C11H12FN4O5S+. The third-order valence-electron chi connectivity index (χ3n) is 2.12. The molecule has 118 valence electrons. The Morgan fingerprint density at radius 3 is 2.50 bits per heavy atom. The molecule has 0 saturated heterocycles. The highest BCUT2D eigenvalue weighted by atomic mass is 32.2. The number of anilines is 1. The van der Waals surface area contributed by atoms with Crippen molar-refractivity contribution in [2.45, 2.75) is 6.92 Å². The van der Waals surface area contributed by atoms with Crippen LogP contribution in [-0.2, 0) is 19.7 Å². The van der Waals surface area contributed by atoms with Crippen LogP contribution in [0.25, 0.3) is 4.98 Å². The lowest BCUT2D eigenvalue weighted by molar-refractivity contribution is -0.116. The van der Waals surface area contributed by atoms with Crippen LogP contribution in [0.15, 0.2) is 35.9 Å². The van der Waals surface area contributed by atoms with Crippen LogP contribution in [0.4, 0.5) is 10.1 Å². The van der Waals surface area contributed by atoms with Crippen LogP contribution < -0.4 is 9.44 Å². The highest BCUT2D eigenvalue weighted by Crippen LogP contribution is 2.11. The molecule has 0 aliphatic rings. The lowest BCUT2D eigenvalue weighted by atomic mass is 10.3. The summed E-state index contributed by atoms with van der Waals surface area (Å²) in [6, 6.07) is 4.28. The molecule has 1 aromatic carbocycles. The van der Waals surface area contributed by atoms with Gasteiger partial charge in [-0.3, -0.25) is 9.52 Å². The van der Waals surface area contributed by atoms with E-state index in [1.165, 1.54) is 11.6 Å². The van der Waals surface area contributed by atoms with Gasteiger partial charge in [0.05, 0.1) is 12.3 Å². The molecule has 0 radical (unpaired) electrons. The fourth-order valence-corrected chi connectivity index (χ4v) is 2.10. The first-order valence-electron chi connectivity index (χ1n) is 5.80. The van der Waals surface area contributed by atoms with Crippen LogP contribution in [0.5, 0.6) is 0 Å². The van der Waals surface area contributed by atoms with Gasteiger partial charge in [0.15, 0.2) is 4.98 Å². The Bertz CT molecular complexity index is 724. The number of rotatable bonds is 6. The molecule has 0 fully saturated rings. The second-order valence-electron chi connectivity index (χ2n) is 3.73. The molecule has 0 atom stereocenters. The Hall–Kier alpha value is -2.87. The number of nitrogens with zero attached hydrogens (tertiary/aromatic N) is 2. The van der Waals surface area contributed by atoms with E-state index >= 15 is 0 Å². The van der Waals surface area contributed by atoms with Crippen molar-refractivity contribution in [3.63, 3.8) is 0 Å². The van der Waals surface area contributed by atoms with Crippen molar-refractivity contribution >= 4 is 21.8 Å². The summed E-state index contributed by atoms with van der Waals surface area (Å²) in [7, 11) is -4.39. The van der Waals surface area contributed by atoms with E-state index in [0.29, 0.717) is 0 Å². The van der Waals surface area contributed by atoms with Gasteiger partial charge in [-0.15, -0.1) is 0 Å². The van der Waals surface area contributed by atoms with E-state index in [0.717, 1.165) is 24.3 Å². The summed E-state index contributed by atoms with van der Waals surface area (Å²) in [6.45, 7) is 1.44. The monoisotopic (exact) mass is 331 g/mol. The zero-order chi connectivity index (χ0) is 16.8. The number of ether oxygens (including phenoxy) is 1. The van der Waals surface area contributed by atoms with Gasteiger partial charge in [0.1, 0.15) is 5.82 Å². The van der Waals surface area contributed by atoms with Gasteiger partial charge >= 0.3 is 27.8 Å². The highest BCUT2D eigenvalue weighted by Gasteiger charge is 2.34. The van der Waals surface area contributed by atoms with Crippen LogP contribution in [0.1, 0.15) is 6.92 Å². The second kappa shape index (κ2) is 7.23. The van der Waals surface area contributed by atoms with Crippen molar-refractivity contribution in [3.05, 3.63) is 46.7 Å². The fourth-order valence-electron chi connectivity index (χ4n) is 1.26. The van der Waals surface area contributed by atoms with Crippen LogP contribution in [0.2, 0.25) is 0 Å². The molecule has 0 spiro atoms. The maximum Gasteiger partial charge on any atom is 0.528 e. The van der Waals surface area contributed by atoms with Crippen LogP contribution in [0, 0.1) is 11.2 Å². The number of aliphatic hydroxyl groups is 1. The molecule has 0 heterocycles. The molecule has 9 nitrogen and oxygen atoms in total. The van der Waals surface area contributed by atoms with Crippen molar-refractivity contribution in [2.75, 3.05) is 11.3 Å². The molecule has 0 unspecified atom stereocenters. The quantitative estimate of drug-likeness (QED) is 0.408. The predicted molar refractivity (Wildman–Crippen MR) is 73.5 cm³/mol. The predicted octanol–water partition coefficient (Wildman–Crippen LogP) is 1.22. The molecule has 1 rings (SSSR count). The molecule has 22 heavy (non-hydrogen) atoms. The minimum Gasteiger partial charge on any atom is -0.475 e. The van der Waals surface area contributed by atoms with Crippen molar-refractivity contribution in [1.29, 1.82) is 5.39 Å². The van der Waals surface area contributed by atoms with E-state index in [1.807, 2.05) is 4.72 Å². The minimum absolute atomic E-state index is 0.0119. The zero-order valence-electron chi connectivity index (χ0n) is 11.3. The average molecular weight is 331 g/mol. The number of hydrogen-bond acceptors (Lipinski definition) is 6. The lowest BCUT2D eigenvalue weighted by Crippen LogP contribution is -2.36. The SMILES string of the molecule is CCOC(O)=C([N+]#N)C(=O)NS(=O)(=O)Nc1ccc(F)cc1. The third kappa shape index (κ3) is 4.91.